The Bertz CT molecular complexity index is 1310. The Labute approximate surface area is 192 Å². The summed E-state index contributed by atoms with van der Waals surface area (Å²) in [6.07, 6.45) is 4.73. The molecule has 1 aliphatic carbocycles. The molecule has 156 valence electrons. The molecule has 1 heterocycles. The number of rotatable bonds is 3. The van der Waals surface area contributed by atoms with Gasteiger partial charge in [0.05, 0.1) is 0 Å². The number of aryl methyl sites for hydroxylation is 4. The molecular formula is C29H36N+. The number of hydrogen-bond acceptors (Lipinski definition) is 0. The van der Waals surface area contributed by atoms with Gasteiger partial charge in [0.15, 0.2) is 6.20 Å². The van der Waals surface area contributed by atoms with E-state index in [-0.39, 0.29) is 16.5 Å². The van der Waals surface area contributed by atoms with Crippen molar-refractivity contribution < 1.29 is 14.2 Å². The van der Waals surface area contributed by atoms with Crippen LogP contribution in [0.2, 0.25) is 0 Å². The van der Waals surface area contributed by atoms with Crippen LogP contribution in [0.25, 0.3) is 22.4 Å². The number of aromatic nitrogens is 1. The second kappa shape index (κ2) is 8.02. The quantitative estimate of drug-likeness (QED) is 0.398. The van der Waals surface area contributed by atoms with Crippen molar-refractivity contribution in [2.75, 3.05) is 0 Å². The number of pyridine rings is 1. The van der Waals surface area contributed by atoms with Crippen LogP contribution in [-0.4, -0.2) is 0 Å². The minimum absolute atomic E-state index is 0.0940. The maximum Gasteiger partial charge on any atom is 0.213 e. The molecule has 0 amide bonds. The van der Waals surface area contributed by atoms with E-state index < -0.39 is 19.6 Å². The van der Waals surface area contributed by atoms with Crippen molar-refractivity contribution in [2.24, 2.45) is 12.5 Å². The molecule has 3 aromatic rings. The first-order valence-corrected chi connectivity index (χ1v) is 10.8. The van der Waals surface area contributed by atoms with E-state index in [0.717, 1.165) is 29.7 Å². The largest absolute Gasteiger partial charge is 0.213 e. The first-order valence-electron chi connectivity index (χ1n) is 14.3. The molecule has 4 rings (SSSR count). The van der Waals surface area contributed by atoms with E-state index in [4.69, 9.17) is 8.22 Å². The molecule has 2 aromatic carbocycles. The van der Waals surface area contributed by atoms with E-state index in [1.54, 1.807) is 29.0 Å². The Morgan fingerprint density at radius 2 is 1.63 bits per heavy atom. The highest BCUT2D eigenvalue weighted by Crippen LogP contribution is 2.43. The maximum absolute atomic E-state index is 9.18. The minimum atomic E-state index is -2.47. The second-order valence-corrected chi connectivity index (χ2v) is 9.44. The van der Waals surface area contributed by atoms with E-state index in [2.05, 4.69) is 13.8 Å². The highest BCUT2D eigenvalue weighted by atomic mass is 14.9. The zero-order chi connectivity index (χ0) is 27.4. The SMILES string of the molecule is [2H]C([2H])([2H])c1cc(C2([2H])CCC(C)(C)CC2)ccc1-c1cc(-c2ccccc2C)[n+](C)cc1C([2H])([2H])[2H]. The lowest BCUT2D eigenvalue weighted by Gasteiger charge is -2.34. The maximum atomic E-state index is 9.18. The summed E-state index contributed by atoms with van der Waals surface area (Å²) < 4.78 is 60.7. The molecule has 0 unspecified atom stereocenters. The zero-order valence-corrected chi connectivity index (χ0v) is 18.5. The van der Waals surface area contributed by atoms with Crippen LogP contribution in [0.1, 0.15) is 77.3 Å². The lowest BCUT2D eigenvalue weighted by molar-refractivity contribution is -0.660. The molecule has 1 fully saturated rings. The van der Waals surface area contributed by atoms with E-state index in [1.165, 1.54) is 0 Å². The van der Waals surface area contributed by atoms with Gasteiger partial charge in [0.1, 0.15) is 7.05 Å². The lowest BCUT2D eigenvalue weighted by atomic mass is 9.71. The molecule has 1 nitrogen and oxygen atoms in total. The molecular weight excluding hydrogens is 362 g/mol. The molecule has 0 saturated heterocycles. The smallest absolute Gasteiger partial charge is 0.201 e. The summed E-state index contributed by atoms with van der Waals surface area (Å²) in [5.74, 6) is -0.851. The molecule has 1 aromatic heterocycles. The standard InChI is InChI=1S/C29H36N/c1-20-9-7-8-10-26(20)28-18-27(22(3)19-30(28)6)25-12-11-24(17-21(25)2)23-13-15-29(4,5)16-14-23/h7-12,17-19,23H,13-16H2,1-6H3/q+1/i2D3,3D3,23D. The van der Waals surface area contributed by atoms with Gasteiger partial charge in [-0.3, -0.25) is 0 Å². The van der Waals surface area contributed by atoms with Crippen LogP contribution in [0.4, 0.5) is 0 Å². The Morgan fingerprint density at radius 1 is 0.900 bits per heavy atom. The summed E-state index contributed by atoms with van der Waals surface area (Å²) in [5, 5.41) is 0. The third kappa shape index (κ3) is 4.08. The summed E-state index contributed by atoms with van der Waals surface area (Å²) in [5.41, 5.74) is 4.61. The Kier molecular flexibility index (Phi) is 3.69. The fourth-order valence-corrected chi connectivity index (χ4v) is 4.52. The molecule has 1 saturated carbocycles. The topological polar surface area (TPSA) is 3.88 Å². The molecule has 0 atom stereocenters. The highest BCUT2D eigenvalue weighted by Gasteiger charge is 2.28. The first-order chi connectivity index (χ1) is 17.0. The second-order valence-electron chi connectivity index (χ2n) is 9.44. The van der Waals surface area contributed by atoms with Crippen LogP contribution >= 0.6 is 0 Å². The van der Waals surface area contributed by atoms with E-state index in [0.29, 0.717) is 29.5 Å². The van der Waals surface area contributed by atoms with Crippen LogP contribution in [0.3, 0.4) is 0 Å². The van der Waals surface area contributed by atoms with Crippen molar-refractivity contribution in [3.8, 4) is 22.4 Å². The summed E-state index contributed by atoms with van der Waals surface area (Å²) in [7, 11) is 1.81. The molecule has 1 aliphatic rings. The van der Waals surface area contributed by atoms with E-state index in [9.17, 15) is 1.37 Å². The molecule has 0 spiro atoms. The molecule has 0 radical (unpaired) electrons. The molecule has 30 heavy (non-hydrogen) atoms. The predicted octanol–water partition coefficient (Wildman–Crippen LogP) is 7.45. The number of hydrogen-bond donors (Lipinski definition) is 0. The van der Waals surface area contributed by atoms with Gasteiger partial charge < -0.3 is 0 Å². The van der Waals surface area contributed by atoms with Gasteiger partial charge in [0.25, 0.3) is 0 Å². The van der Waals surface area contributed by atoms with Gasteiger partial charge in [0.2, 0.25) is 5.69 Å². The van der Waals surface area contributed by atoms with Crippen molar-refractivity contribution in [3.05, 3.63) is 77.0 Å². The average molecular weight is 406 g/mol. The van der Waals surface area contributed by atoms with Gasteiger partial charge in [-0.15, -0.1) is 0 Å². The van der Waals surface area contributed by atoms with Crippen molar-refractivity contribution >= 4 is 0 Å². The molecule has 0 aliphatic heterocycles. The summed E-state index contributed by atoms with van der Waals surface area (Å²) in [6.45, 7) is 1.51. The number of nitrogens with zero attached hydrogens (tertiary/aromatic N) is 1. The van der Waals surface area contributed by atoms with Crippen molar-refractivity contribution in [2.45, 2.75) is 66.1 Å². The minimum Gasteiger partial charge on any atom is -0.201 e. The van der Waals surface area contributed by atoms with Gasteiger partial charge in [-0.2, -0.15) is 0 Å². The van der Waals surface area contributed by atoms with Gasteiger partial charge in [0, 0.05) is 26.8 Å². The summed E-state index contributed by atoms with van der Waals surface area (Å²) >= 11 is 0. The van der Waals surface area contributed by atoms with Crippen molar-refractivity contribution in [1.82, 2.24) is 0 Å². The zero-order valence-electron chi connectivity index (χ0n) is 25.5. The Morgan fingerprint density at radius 3 is 2.33 bits per heavy atom. The fraction of sp³-hybridized carbons (Fsp3) is 0.414. The fourth-order valence-electron chi connectivity index (χ4n) is 4.52. The lowest BCUT2D eigenvalue weighted by Crippen LogP contribution is -2.31. The third-order valence-corrected chi connectivity index (χ3v) is 6.62. The normalized spacial score (nSPS) is 21.9. The van der Waals surface area contributed by atoms with Crippen LogP contribution in [-0.2, 0) is 7.05 Å². The van der Waals surface area contributed by atoms with E-state index >= 15 is 0 Å². The van der Waals surface area contributed by atoms with Gasteiger partial charge in [-0.1, -0.05) is 50.2 Å². The first kappa shape index (κ1) is 13.8. The monoisotopic (exact) mass is 405 g/mol. The Hall–Kier alpha value is -2.41. The molecule has 0 N–H and O–H groups in total. The summed E-state index contributed by atoms with van der Waals surface area (Å²) in [6, 6.07) is 14.8. The van der Waals surface area contributed by atoms with Crippen LogP contribution in [0.15, 0.2) is 54.7 Å². The van der Waals surface area contributed by atoms with Crippen LogP contribution in [0.5, 0.6) is 0 Å². The molecule has 1 heteroatoms. The summed E-state index contributed by atoms with van der Waals surface area (Å²) in [4.78, 5) is 0. The van der Waals surface area contributed by atoms with Crippen molar-refractivity contribution in [3.63, 3.8) is 0 Å². The predicted molar refractivity (Wildman–Crippen MR) is 128 cm³/mol. The third-order valence-electron chi connectivity index (χ3n) is 6.62. The van der Waals surface area contributed by atoms with Crippen LogP contribution in [0, 0.1) is 26.0 Å². The highest BCUT2D eigenvalue weighted by molar-refractivity contribution is 5.74. The Balaban J connectivity index is 1.95. The van der Waals surface area contributed by atoms with E-state index in [1.807, 2.05) is 44.3 Å². The van der Waals surface area contributed by atoms with Gasteiger partial charge in [-0.05, 0) is 91.5 Å². The van der Waals surface area contributed by atoms with Crippen LogP contribution < -0.4 is 4.57 Å². The number of benzene rings is 2. The molecule has 0 bridgehead atoms. The van der Waals surface area contributed by atoms with Gasteiger partial charge in [-0.25, -0.2) is 4.57 Å². The average Bonchev–Trinajstić information content (AvgIpc) is 2.80. The van der Waals surface area contributed by atoms with Gasteiger partial charge >= 0.3 is 0 Å². The van der Waals surface area contributed by atoms with Crippen molar-refractivity contribution in [1.29, 1.82) is 0 Å².